The van der Waals surface area contributed by atoms with Crippen molar-refractivity contribution in [3.8, 4) is 11.4 Å². The second-order valence-corrected chi connectivity index (χ2v) is 8.96. The fourth-order valence-corrected chi connectivity index (χ4v) is 4.57. The van der Waals surface area contributed by atoms with Crippen LogP contribution in [0.15, 0.2) is 64.0 Å². The number of sulfonamides is 1. The smallest absolute Gasteiger partial charge is 0.262 e. The number of anilines is 1. The first-order valence-electron chi connectivity index (χ1n) is 8.42. The van der Waals surface area contributed by atoms with Crippen LogP contribution in [0.5, 0.6) is 0 Å². The molecule has 9 heteroatoms. The molecule has 0 aliphatic rings. The minimum Gasteiger partial charge on any atom is -0.262 e. The van der Waals surface area contributed by atoms with Gasteiger partial charge in [0, 0.05) is 10.0 Å². The van der Waals surface area contributed by atoms with Gasteiger partial charge in [-0.25, -0.2) is 8.42 Å². The fourth-order valence-electron chi connectivity index (χ4n) is 2.94. The van der Waals surface area contributed by atoms with Gasteiger partial charge in [-0.05, 0) is 49.7 Å². The summed E-state index contributed by atoms with van der Waals surface area (Å²) in [6.07, 6.45) is 0. The number of hydrogen-bond donors (Lipinski definition) is 1. The van der Waals surface area contributed by atoms with E-state index < -0.39 is 10.0 Å². The van der Waals surface area contributed by atoms with Gasteiger partial charge in [0.1, 0.15) is 0 Å². The van der Waals surface area contributed by atoms with E-state index in [0.29, 0.717) is 17.0 Å². The normalized spacial score (nSPS) is 11.7. The molecule has 0 unspecified atom stereocenters. The van der Waals surface area contributed by atoms with Crippen molar-refractivity contribution in [3.63, 3.8) is 0 Å². The highest BCUT2D eigenvalue weighted by Gasteiger charge is 2.18. The fraction of sp³-hybridized carbons (Fsp3) is 0.105. The molecule has 4 aromatic rings. The van der Waals surface area contributed by atoms with Gasteiger partial charge in [0.05, 0.1) is 4.90 Å². The molecule has 28 heavy (non-hydrogen) atoms. The molecule has 2 aromatic heterocycles. The van der Waals surface area contributed by atoms with Crippen LogP contribution in [-0.4, -0.2) is 28.2 Å². The second kappa shape index (κ2) is 6.99. The quantitative estimate of drug-likeness (QED) is 0.500. The van der Waals surface area contributed by atoms with Gasteiger partial charge in [0.25, 0.3) is 10.0 Å². The maximum Gasteiger partial charge on any atom is 0.263 e. The van der Waals surface area contributed by atoms with Crippen LogP contribution in [-0.2, 0) is 10.0 Å². The monoisotopic (exact) mass is 457 g/mol. The average Bonchev–Trinajstić information content (AvgIpc) is 3.04. The van der Waals surface area contributed by atoms with E-state index in [4.69, 9.17) is 0 Å². The highest BCUT2D eigenvalue weighted by molar-refractivity contribution is 9.10. The number of aromatic nitrogens is 4. The standard InChI is InChI=1S/C19H16BrN5O2S/c1-12-6-7-16(13(2)10-12)28(26,27)24-17-8-9-18-21-22-19(25(18)23-17)14-4-3-5-15(20)11-14/h3-11H,1-2H3,(H,23,24). The predicted molar refractivity (Wildman–Crippen MR) is 111 cm³/mol. The topological polar surface area (TPSA) is 89.2 Å². The van der Waals surface area contributed by atoms with E-state index in [-0.39, 0.29) is 10.7 Å². The zero-order valence-corrected chi connectivity index (χ0v) is 17.5. The van der Waals surface area contributed by atoms with Crippen LogP contribution in [0, 0.1) is 13.8 Å². The summed E-state index contributed by atoms with van der Waals surface area (Å²) in [5, 5.41) is 12.7. The molecular weight excluding hydrogens is 442 g/mol. The Morgan fingerprint density at radius 1 is 1.00 bits per heavy atom. The predicted octanol–water partition coefficient (Wildman–Crippen LogP) is 3.97. The lowest BCUT2D eigenvalue weighted by atomic mass is 10.2. The van der Waals surface area contributed by atoms with Crippen LogP contribution >= 0.6 is 15.9 Å². The van der Waals surface area contributed by atoms with Crippen molar-refractivity contribution in [3.05, 3.63) is 70.2 Å². The molecule has 0 spiro atoms. The largest absolute Gasteiger partial charge is 0.263 e. The van der Waals surface area contributed by atoms with Crippen molar-refractivity contribution < 1.29 is 8.42 Å². The van der Waals surface area contributed by atoms with Crippen molar-refractivity contribution in [2.75, 3.05) is 4.72 Å². The molecule has 0 fully saturated rings. The van der Waals surface area contributed by atoms with E-state index in [1.54, 1.807) is 31.2 Å². The molecule has 142 valence electrons. The molecule has 0 radical (unpaired) electrons. The van der Waals surface area contributed by atoms with Crippen LogP contribution in [0.1, 0.15) is 11.1 Å². The van der Waals surface area contributed by atoms with Gasteiger partial charge >= 0.3 is 0 Å². The zero-order valence-electron chi connectivity index (χ0n) is 15.1. The van der Waals surface area contributed by atoms with Crippen molar-refractivity contribution in [1.29, 1.82) is 0 Å². The van der Waals surface area contributed by atoms with Gasteiger partial charge in [-0.2, -0.15) is 4.52 Å². The molecule has 0 saturated carbocycles. The van der Waals surface area contributed by atoms with Gasteiger partial charge in [0.15, 0.2) is 17.3 Å². The van der Waals surface area contributed by atoms with Crippen molar-refractivity contribution in [1.82, 2.24) is 19.8 Å². The van der Waals surface area contributed by atoms with Crippen molar-refractivity contribution in [2.24, 2.45) is 0 Å². The molecule has 0 atom stereocenters. The Kier molecular flexibility index (Phi) is 4.64. The summed E-state index contributed by atoms with van der Waals surface area (Å²) in [7, 11) is -3.77. The van der Waals surface area contributed by atoms with Gasteiger partial charge < -0.3 is 0 Å². The number of benzene rings is 2. The van der Waals surface area contributed by atoms with Crippen LogP contribution in [0.3, 0.4) is 0 Å². The Morgan fingerprint density at radius 3 is 2.57 bits per heavy atom. The Morgan fingerprint density at radius 2 is 1.82 bits per heavy atom. The van der Waals surface area contributed by atoms with Crippen molar-refractivity contribution >= 4 is 37.4 Å². The first kappa shape index (κ1) is 18.6. The highest BCUT2D eigenvalue weighted by Crippen LogP contribution is 2.23. The lowest BCUT2D eigenvalue weighted by molar-refractivity contribution is 0.600. The summed E-state index contributed by atoms with van der Waals surface area (Å²) in [4.78, 5) is 0.218. The molecule has 0 aliphatic heterocycles. The number of fused-ring (bicyclic) bond motifs is 1. The zero-order chi connectivity index (χ0) is 19.9. The molecule has 1 N–H and O–H groups in total. The van der Waals surface area contributed by atoms with Crippen LogP contribution in [0.4, 0.5) is 5.82 Å². The third-order valence-corrected chi connectivity index (χ3v) is 6.21. The molecule has 2 aromatic carbocycles. The highest BCUT2D eigenvalue weighted by atomic mass is 79.9. The Labute approximate surface area is 170 Å². The average molecular weight is 458 g/mol. The van der Waals surface area contributed by atoms with Crippen LogP contribution < -0.4 is 4.72 Å². The first-order chi connectivity index (χ1) is 13.3. The first-order valence-corrected chi connectivity index (χ1v) is 10.7. The maximum atomic E-state index is 12.8. The van der Waals surface area contributed by atoms with Crippen molar-refractivity contribution in [2.45, 2.75) is 18.7 Å². The van der Waals surface area contributed by atoms with E-state index in [2.05, 4.69) is 35.9 Å². The summed E-state index contributed by atoms with van der Waals surface area (Å²) in [5.41, 5.74) is 3.00. The maximum absolute atomic E-state index is 12.8. The molecule has 0 aliphatic carbocycles. The Bertz CT molecular complexity index is 1300. The molecule has 4 rings (SSSR count). The van der Waals surface area contributed by atoms with E-state index in [9.17, 15) is 8.42 Å². The lowest BCUT2D eigenvalue weighted by Crippen LogP contribution is -2.16. The Balaban J connectivity index is 1.75. The van der Waals surface area contributed by atoms with Crippen LogP contribution in [0.2, 0.25) is 0 Å². The molecule has 0 bridgehead atoms. The lowest BCUT2D eigenvalue weighted by Gasteiger charge is -2.10. The summed E-state index contributed by atoms with van der Waals surface area (Å²) < 4.78 is 30.6. The number of aryl methyl sites for hydroxylation is 2. The molecule has 2 heterocycles. The molecule has 7 nitrogen and oxygen atoms in total. The summed E-state index contributed by atoms with van der Waals surface area (Å²) in [6.45, 7) is 3.69. The van der Waals surface area contributed by atoms with Gasteiger partial charge in [-0.1, -0.05) is 45.8 Å². The molecule has 0 amide bonds. The molecular formula is C19H16BrN5O2S. The van der Waals surface area contributed by atoms with Gasteiger partial charge in [0.2, 0.25) is 0 Å². The number of nitrogens with zero attached hydrogens (tertiary/aromatic N) is 4. The third-order valence-electron chi connectivity index (χ3n) is 4.20. The molecule has 0 saturated heterocycles. The Hall–Kier alpha value is -2.78. The number of rotatable bonds is 4. The minimum atomic E-state index is -3.77. The van der Waals surface area contributed by atoms with E-state index in [1.165, 1.54) is 4.52 Å². The number of nitrogens with one attached hydrogen (secondary N) is 1. The van der Waals surface area contributed by atoms with E-state index in [0.717, 1.165) is 15.6 Å². The van der Waals surface area contributed by atoms with Gasteiger partial charge in [-0.15, -0.1) is 15.3 Å². The van der Waals surface area contributed by atoms with Crippen LogP contribution in [0.25, 0.3) is 17.0 Å². The summed E-state index contributed by atoms with van der Waals surface area (Å²) >= 11 is 3.43. The van der Waals surface area contributed by atoms with Gasteiger partial charge in [-0.3, -0.25) is 4.72 Å². The SMILES string of the molecule is Cc1ccc(S(=O)(=O)Nc2ccc3nnc(-c4cccc(Br)c4)n3n2)c(C)c1. The number of hydrogen-bond acceptors (Lipinski definition) is 5. The van der Waals surface area contributed by atoms with E-state index in [1.807, 2.05) is 37.3 Å². The minimum absolute atomic E-state index is 0.184. The van der Waals surface area contributed by atoms with E-state index >= 15 is 0 Å². The summed E-state index contributed by atoms with van der Waals surface area (Å²) in [6, 6.07) is 16.0. The third kappa shape index (κ3) is 3.50. The summed E-state index contributed by atoms with van der Waals surface area (Å²) in [5.74, 6) is 0.701. The second-order valence-electron chi connectivity index (χ2n) is 6.40. The number of halogens is 1.